The number of hydrogen-bond donors (Lipinski definition) is 0. The Balaban J connectivity index is 3.18. The summed E-state index contributed by atoms with van der Waals surface area (Å²) < 4.78 is 9.65. The summed E-state index contributed by atoms with van der Waals surface area (Å²) in [6, 6.07) is 0. The van der Waals surface area contributed by atoms with E-state index < -0.39 is 20.4 Å². The van der Waals surface area contributed by atoms with Crippen LogP contribution in [0.4, 0.5) is 0 Å². The molecule has 0 N–H and O–H groups in total. The van der Waals surface area contributed by atoms with Crippen LogP contribution in [0.25, 0.3) is 0 Å². The monoisotopic (exact) mass is 135 g/mol. The van der Waals surface area contributed by atoms with Gasteiger partial charge in [-0.25, -0.2) is 0 Å². The molecule has 0 aliphatic rings. The fraction of sp³-hybridized carbons (Fsp3) is 0.667. The smallest absolute Gasteiger partial charge is 0.309 e. The lowest BCUT2D eigenvalue weighted by atomic mass is 10.5. The van der Waals surface area contributed by atoms with Crippen LogP contribution >= 0.6 is 8.03 Å². The summed E-state index contributed by atoms with van der Waals surface area (Å²) in [5.41, 5.74) is 0. The van der Waals surface area contributed by atoms with Crippen LogP contribution in [0.15, 0.2) is 0 Å². The Morgan fingerprint density at radius 1 is 1.62 bits per heavy atom. The van der Waals surface area contributed by atoms with Crippen molar-refractivity contribution in [2.24, 2.45) is 0 Å². The molecule has 1 atom stereocenters. The van der Waals surface area contributed by atoms with Crippen LogP contribution in [0, 0.1) is 0 Å². The van der Waals surface area contributed by atoms with Crippen molar-refractivity contribution in [1.82, 2.24) is 0 Å². The molecule has 4 nitrogen and oxygen atoms in total. The van der Waals surface area contributed by atoms with E-state index >= 15 is 0 Å². The molecule has 46 valence electrons. The third-order valence-electron chi connectivity index (χ3n) is 0.499. The van der Waals surface area contributed by atoms with Crippen LogP contribution in [0.1, 0.15) is 6.42 Å². The van der Waals surface area contributed by atoms with E-state index in [1.807, 2.05) is 0 Å². The van der Waals surface area contributed by atoms with Gasteiger partial charge in [-0.15, -0.1) is 0 Å². The predicted molar refractivity (Wildman–Crippen MR) is 22.1 cm³/mol. The molecule has 0 saturated carbocycles. The van der Waals surface area contributed by atoms with Gasteiger partial charge >= 0.3 is 8.03 Å². The SMILES string of the molecule is O=C([O-])CC[P+](=O)[O-]. The normalized spacial score (nSPS) is 10.9. The highest BCUT2D eigenvalue weighted by Crippen LogP contribution is 2.06. The number of carboxylic acid groups (broad SMARTS) is 1. The Hall–Kier alpha value is -0.470. The standard InChI is InChI=1S/C3H5O4P/c4-3(5)1-2-8(6)7/h1-2H2,(H,4,5)/p-1. The van der Waals surface area contributed by atoms with E-state index in [2.05, 4.69) is 0 Å². The summed E-state index contributed by atoms with van der Waals surface area (Å²) in [6.07, 6.45) is -0.726. The summed E-state index contributed by atoms with van der Waals surface area (Å²) in [4.78, 5) is 19.2. The Morgan fingerprint density at radius 2 is 2.12 bits per heavy atom. The molecule has 0 heterocycles. The molecule has 0 fully saturated rings. The summed E-state index contributed by atoms with van der Waals surface area (Å²) in [5.74, 6) is -1.33. The second-order valence-corrected chi connectivity index (χ2v) is 2.29. The first-order valence-electron chi connectivity index (χ1n) is 1.94. The Morgan fingerprint density at radius 3 is 2.25 bits per heavy atom. The number of aliphatic carboxylic acids is 1. The van der Waals surface area contributed by atoms with Gasteiger partial charge in [0.1, 0.15) is 6.16 Å². The third-order valence-corrected chi connectivity index (χ3v) is 1.09. The Bertz CT molecular complexity index is 95.9. The van der Waals surface area contributed by atoms with Gasteiger partial charge in [-0.05, 0) is 0 Å². The van der Waals surface area contributed by atoms with Crippen LogP contribution in [0.5, 0.6) is 0 Å². The molecule has 0 aliphatic heterocycles. The van der Waals surface area contributed by atoms with E-state index in [1.54, 1.807) is 0 Å². The molecular formula is C3H4O4P-. The van der Waals surface area contributed by atoms with Crippen molar-refractivity contribution in [1.29, 1.82) is 0 Å². The zero-order valence-corrected chi connectivity index (χ0v) is 4.89. The molecular weight excluding hydrogens is 131 g/mol. The zero-order chi connectivity index (χ0) is 6.57. The molecule has 0 saturated heterocycles. The fourth-order valence-corrected chi connectivity index (χ4v) is 0.548. The molecule has 0 aromatic rings. The summed E-state index contributed by atoms with van der Waals surface area (Å²) in [5, 5.41) is 9.53. The van der Waals surface area contributed by atoms with Crippen molar-refractivity contribution >= 4 is 14.0 Å². The number of rotatable bonds is 3. The van der Waals surface area contributed by atoms with Crippen LogP contribution < -0.4 is 10.00 Å². The molecule has 0 bridgehead atoms. The van der Waals surface area contributed by atoms with E-state index in [4.69, 9.17) is 0 Å². The number of hydrogen-bond acceptors (Lipinski definition) is 4. The van der Waals surface area contributed by atoms with E-state index in [9.17, 15) is 19.4 Å². The first-order valence-corrected chi connectivity index (χ1v) is 3.31. The first kappa shape index (κ1) is 7.53. The highest BCUT2D eigenvalue weighted by atomic mass is 31.1. The third kappa shape index (κ3) is 5.53. The van der Waals surface area contributed by atoms with Gasteiger partial charge in [-0.1, -0.05) is 4.57 Å². The lowest BCUT2D eigenvalue weighted by Gasteiger charge is -1.92. The lowest BCUT2D eigenvalue weighted by Crippen LogP contribution is -2.22. The maximum Gasteiger partial charge on any atom is 0.309 e. The van der Waals surface area contributed by atoms with Gasteiger partial charge in [0, 0.05) is 12.4 Å². The zero-order valence-electron chi connectivity index (χ0n) is 3.99. The number of carbonyl (C=O) groups is 1. The molecule has 1 unspecified atom stereocenters. The maximum atomic E-state index is 9.65. The van der Waals surface area contributed by atoms with Crippen LogP contribution in [0.2, 0.25) is 0 Å². The molecule has 0 radical (unpaired) electrons. The average molecular weight is 135 g/mol. The minimum absolute atomic E-state index is 0.322. The summed E-state index contributed by atoms with van der Waals surface area (Å²) in [6.45, 7) is 0. The lowest BCUT2D eigenvalue weighted by molar-refractivity contribution is -0.305. The molecule has 0 aliphatic carbocycles. The highest BCUT2D eigenvalue weighted by molar-refractivity contribution is 7.36. The van der Waals surface area contributed by atoms with Crippen LogP contribution in [-0.2, 0) is 9.36 Å². The van der Waals surface area contributed by atoms with Crippen molar-refractivity contribution in [3.8, 4) is 0 Å². The molecule has 0 rings (SSSR count). The summed E-state index contributed by atoms with van der Waals surface area (Å²) >= 11 is 0. The minimum Gasteiger partial charge on any atom is -0.596 e. The van der Waals surface area contributed by atoms with Gasteiger partial charge < -0.3 is 14.8 Å². The first-order chi connectivity index (χ1) is 3.63. The second kappa shape index (κ2) is 3.52. The number of carbonyl (C=O) groups excluding carboxylic acids is 1. The van der Waals surface area contributed by atoms with Gasteiger partial charge in [0.25, 0.3) is 0 Å². The average Bonchev–Trinajstić information content (AvgIpc) is 1.61. The van der Waals surface area contributed by atoms with Crippen molar-refractivity contribution in [3.63, 3.8) is 0 Å². The van der Waals surface area contributed by atoms with Gasteiger partial charge in [0.15, 0.2) is 0 Å². The van der Waals surface area contributed by atoms with E-state index in [0.717, 1.165) is 0 Å². The van der Waals surface area contributed by atoms with Crippen LogP contribution in [-0.4, -0.2) is 12.1 Å². The van der Waals surface area contributed by atoms with Gasteiger partial charge in [-0.2, -0.15) is 0 Å². The molecule has 5 heteroatoms. The Labute approximate surface area is 47.0 Å². The minimum atomic E-state index is -2.55. The van der Waals surface area contributed by atoms with Gasteiger partial charge in [-0.3, -0.25) is 0 Å². The van der Waals surface area contributed by atoms with Crippen molar-refractivity contribution in [3.05, 3.63) is 0 Å². The Kier molecular flexibility index (Phi) is 3.31. The van der Waals surface area contributed by atoms with E-state index in [-0.39, 0.29) is 6.16 Å². The summed E-state index contributed by atoms with van der Waals surface area (Å²) in [7, 11) is -2.55. The van der Waals surface area contributed by atoms with E-state index in [1.165, 1.54) is 0 Å². The quantitative estimate of drug-likeness (QED) is 0.429. The molecule has 0 aromatic heterocycles. The molecule has 0 aromatic carbocycles. The largest absolute Gasteiger partial charge is 0.596 e. The van der Waals surface area contributed by atoms with Crippen LogP contribution in [0.3, 0.4) is 0 Å². The molecule has 8 heavy (non-hydrogen) atoms. The van der Waals surface area contributed by atoms with Gasteiger partial charge in [0.2, 0.25) is 0 Å². The molecule has 0 amide bonds. The fourth-order valence-electron chi connectivity index (χ4n) is 0.183. The van der Waals surface area contributed by atoms with Crippen molar-refractivity contribution < 1.29 is 19.4 Å². The van der Waals surface area contributed by atoms with Crippen molar-refractivity contribution in [2.45, 2.75) is 6.42 Å². The molecule has 0 spiro atoms. The predicted octanol–water partition coefficient (Wildman–Crippen LogP) is -1.77. The topological polar surface area (TPSA) is 80.3 Å². The van der Waals surface area contributed by atoms with E-state index in [0.29, 0.717) is 0 Å². The van der Waals surface area contributed by atoms with Crippen molar-refractivity contribution in [2.75, 3.05) is 6.16 Å². The maximum absolute atomic E-state index is 9.65. The number of carboxylic acids is 1. The van der Waals surface area contributed by atoms with Gasteiger partial charge in [0.05, 0.1) is 0 Å². The highest BCUT2D eigenvalue weighted by Gasteiger charge is 1.97. The second-order valence-electron chi connectivity index (χ2n) is 1.18.